The number of carbonyl (C=O) groups excluding carboxylic acids is 1. The molecule has 1 amide bonds. The molecule has 1 saturated heterocycles. The van der Waals surface area contributed by atoms with Crippen LogP contribution in [-0.2, 0) is 9.53 Å². The topological polar surface area (TPSA) is 53.0 Å². The Morgan fingerprint density at radius 2 is 2.27 bits per heavy atom. The van der Waals surface area contributed by atoms with Crippen LogP contribution in [0.15, 0.2) is 0 Å². The maximum Gasteiger partial charge on any atom is 0.242 e. The standard InChI is InChI=1S/C10H20N2O3/c1-8-6-12(4-5-15-3)10(14)9(7-13)11(8)2/h8-9,13H,4-7H2,1-3H3. The van der Waals surface area contributed by atoms with Gasteiger partial charge in [0.05, 0.1) is 13.2 Å². The highest BCUT2D eigenvalue weighted by atomic mass is 16.5. The molecular weight excluding hydrogens is 196 g/mol. The Balaban J connectivity index is 2.63. The Morgan fingerprint density at radius 1 is 1.60 bits per heavy atom. The summed E-state index contributed by atoms with van der Waals surface area (Å²) in [5, 5.41) is 9.17. The molecule has 1 rings (SSSR count). The van der Waals surface area contributed by atoms with Gasteiger partial charge in [0, 0.05) is 26.2 Å². The lowest BCUT2D eigenvalue weighted by Crippen LogP contribution is -2.61. The van der Waals surface area contributed by atoms with E-state index in [-0.39, 0.29) is 18.6 Å². The second kappa shape index (κ2) is 5.44. The average Bonchev–Trinajstić information content (AvgIpc) is 2.22. The quantitative estimate of drug-likeness (QED) is 0.665. The van der Waals surface area contributed by atoms with E-state index in [9.17, 15) is 9.90 Å². The van der Waals surface area contributed by atoms with Crippen LogP contribution in [0.4, 0.5) is 0 Å². The molecule has 2 atom stereocenters. The number of aliphatic hydroxyl groups is 1. The number of hydrogen-bond acceptors (Lipinski definition) is 4. The first-order valence-electron chi connectivity index (χ1n) is 5.22. The van der Waals surface area contributed by atoms with Gasteiger partial charge in [-0.3, -0.25) is 9.69 Å². The second-order valence-corrected chi connectivity index (χ2v) is 3.99. The average molecular weight is 216 g/mol. The zero-order chi connectivity index (χ0) is 11.4. The molecule has 0 saturated carbocycles. The Hall–Kier alpha value is -0.650. The zero-order valence-corrected chi connectivity index (χ0v) is 9.64. The van der Waals surface area contributed by atoms with Crippen molar-refractivity contribution in [1.82, 2.24) is 9.80 Å². The van der Waals surface area contributed by atoms with Gasteiger partial charge in [0.15, 0.2) is 0 Å². The Kier molecular flexibility index (Phi) is 4.50. The van der Waals surface area contributed by atoms with Crippen molar-refractivity contribution in [3.63, 3.8) is 0 Å². The van der Waals surface area contributed by atoms with Gasteiger partial charge in [-0.2, -0.15) is 0 Å². The van der Waals surface area contributed by atoms with E-state index < -0.39 is 6.04 Å². The molecule has 5 nitrogen and oxygen atoms in total. The third-order valence-corrected chi connectivity index (χ3v) is 3.01. The molecule has 0 spiro atoms. The predicted octanol–water partition coefficient (Wildman–Crippen LogP) is -0.844. The lowest BCUT2D eigenvalue weighted by Gasteiger charge is -2.42. The summed E-state index contributed by atoms with van der Waals surface area (Å²) in [6.07, 6.45) is 0. The Morgan fingerprint density at radius 3 is 2.80 bits per heavy atom. The number of ether oxygens (including phenoxy) is 1. The van der Waals surface area contributed by atoms with E-state index in [0.717, 1.165) is 0 Å². The van der Waals surface area contributed by atoms with Crippen molar-refractivity contribution < 1.29 is 14.6 Å². The van der Waals surface area contributed by atoms with Gasteiger partial charge in [-0.25, -0.2) is 0 Å². The first-order chi connectivity index (χ1) is 7.11. The van der Waals surface area contributed by atoms with Crippen molar-refractivity contribution in [2.24, 2.45) is 0 Å². The molecule has 1 fully saturated rings. The van der Waals surface area contributed by atoms with Crippen LogP contribution in [0.5, 0.6) is 0 Å². The molecule has 0 bridgehead atoms. The first kappa shape index (κ1) is 12.4. The smallest absolute Gasteiger partial charge is 0.242 e. The molecule has 0 aromatic carbocycles. The fraction of sp³-hybridized carbons (Fsp3) is 0.900. The lowest BCUT2D eigenvalue weighted by molar-refractivity contribution is -0.146. The number of nitrogens with zero attached hydrogens (tertiary/aromatic N) is 2. The third-order valence-electron chi connectivity index (χ3n) is 3.01. The molecule has 1 aliphatic heterocycles. The highest BCUT2D eigenvalue weighted by Gasteiger charge is 2.35. The van der Waals surface area contributed by atoms with Crippen molar-refractivity contribution >= 4 is 5.91 Å². The van der Waals surface area contributed by atoms with Gasteiger partial charge in [0.25, 0.3) is 0 Å². The van der Waals surface area contributed by atoms with E-state index >= 15 is 0 Å². The predicted molar refractivity (Wildman–Crippen MR) is 56.6 cm³/mol. The van der Waals surface area contributed by atoms with Gasteiger partial charge >= 0.3 is 0 Å². The maximum atomic E-state index is 11.9. The van der Waals surface area contributed by atoms with Crippen LogP contribution in [0, 0.1) is 0 Å². The highest BCUT2D eigenvalue weighted by molar-refractivity contribution is 5.82. The fourth-order valence-electron chi connectivity index (χ4n) is 1.84. The van der Waals surface area contributed by atoms with Gasteiger partial charge in [0.2, 0.25) is 5.91 Å². The molecule has 0 aromatic heterocycles. The minimum Gasteiger partial charge on any atom is -0.394 e. The monoisotopic (exact) mass is 216 g/mol. The van der Waals surface area contributed by atoms with E-state index in [2.05, 4.69) is 6.92 Å². The summed E-state index contributed by atoms with van der Waals surface area (Å²) in [6.45, 7) is 3.78. The summed E-state index contributed by atoms with van der Waals surface area (Å²) in [5.41, 5.74) is 0. The molecule has 1 heterocycles. The van der Waals surface area contributed by atoms with Crippen molar-refractivity contribution in [2.45, 2.75) is 19.0 Å². The van der Waals surface area contributed by atoms with Crippen LogP contribution in [0.1, 0.15) is 6.92 Å². The van der Waals surface area contributed by atoms with E-state index in [1.165, 1.54) is 0 Å². The van der Waals surface area contributed by atoms with E-state index in [0.29, 0.717) is 19.7 Å². The number of carbonyl (C=O) groups is 1. The molecule has 88 valence electrons. The van der Waals surface area contributed by atoms with Crippen LogP contribution in [0.3, 0.4) is 0 Å². The molecule has 0 aliphatic carbocycles. The third kappa shape index (κ3) is 2.68. The number of likely N-dealkylation sites (N-methyl/N-ethyl adjacent to an activating group) is 1. The largest absolute Gasteiger partial charge is 0.394 e. The van der Waals surface area contributed by atoms with E-state index in [4.69, 9.17) is 4.74 Å². The van der Waals surface area contributed by atoms with Crippen molar-refractivity contribution in [1.29, 1.82) is 0 Å². The number of amides is 1. The molecule has 1 N–H and O–H groups in total. The van der Waals surface area contributed by atoms with Crippen LogP contribution >= 0.6 is 0 Å². The minimum absolute atomic E-state index is 0.00449. The Bertz CT molecular complexity index is 223. The molecular formula is C10H20N2O3. The SMILES string of the molecule is COCCN1CC(C)N(C)C(CO)C1=O. The fourth-order valence-corrected chi connectivity index (χ4v) is 1.84. The molecule has 15 heavy (non-hydrogen) atoms. The van der Waals surface area contributed by atoms with Crippen LogP contribution in [0.2, 0.25) is 0 Å². The summed E-state index contributed by atoms with van der Waals surface area (Å²) in [5.74, 6) is -0.00449. The zero-order valence-electron chi connectivity index (χ0n) is 9.64. The number of rotatable bonds is 4. The van der Waals surface area contributed by atoms with Gasteiger partial charge in [0.1, 0.15) is 6.04 Å². The van der Waals surface area contributed by atoms with E-state index in [1.54, 1.807) is 12.0 Å². The summed E-state index contributed by atoms with van der Waals surface area (Å²) >= 11 is 0. The van der Waals surface area contributed by atoms with Gasteiger partial charge < -0.3 is 14.7 Å². The van der Waals surface area contributed by atoms with Crippen LogP contribution in [-0.4, -0.2) is 73.4 Å². The summed E-state index contributed by atoms with van der Waals surface area (Å²) in [7, 11) is 3.49. The van der Waals surface area contributed by atoms with Crippen molar-refractivity contribution in [3.05, 3.63) is 0 Å². The van der Waals surface area contributed by atoms with Crippen molar-refractivity contribution in [3.8, 4) is 0 Å². The number of piperazine rings is 1. The second-order valence-electron chi connectivity index (χ2n) is 3.99. The summed E-state index contributed by atoms with van der Waals surface area (Å²) in [4.78, 5) is 15.6. The lowest BCUT2D eigenvalue weighted by atomic mass is 10.1. The highest BCUT2D eigenvalue weighted by Crippen LogP contribution is 2.14. The molecule has 0 aromatic rings. The first-order valence-corrected chi connectivity index (χ1v) is 5.22. The van der Waals surface area contributed by atoms with Gasteiger partial charge in [-0.05, 0) is 14.0 Å². The van der Waals surface area contributed by atoms with Crippen LogP contribution in [0.25, 0.3) is 0 Å². The van der Waals surface area contributed by atoms with Crippen molar-refractivity contribution in [2.75, 3.05) is 40.5 Å². The maximum absolute atomic E-state index is 11.9. The summed E-state index contributed by atoms with van der Waals surface area (Å²) in [6, 6.07) is -0.123. The molecule has 1 aliphatic rings. The normalized spacial score (nSPS) is 28.5. The number of aliphatic hydroxyl groups excluding tert-OH is 1. The molecule has 0 radical (unpaired) electrons. The Labute approximate surface area is 90.6 Å². The minimum atomic E-state index is -0.398. The number of hydrogen-bond donors (Lipinski definition) is 1. The summed E-state index contributed by atoms with van der Waals surface area (Å²) < 4.78 is 4.95. The van der Waals surface area contributed by atoms with Gasteiger partial charge in [-0.15, -0.1) is 0 Å². The molecule has 5 heteroatoms. The molecule has 2 unspecified atom stereocenters. The van der Waals surface area contributed by atoms with Crippen LogP contribution < -0.4 is 0 Å². The van der Waals surface area contributed by atoms with E-state index in [1.807, 2.05) is 11.9 Å². The van der Waals surface area contributed by atoms with Gasteiger partial charge in [-0.1, -0.05) is 0 Å². The number of methoxy groups -OCH3 is 1.